The molecular weight excluding hydrogens is 262 g/mol. The zero-order valence-corrected chi connectivity index (χ0v) is 12.5. The van der Waals surface area contributed by atoms with E-state index in [0.29, 0.717) is 18.3 Å². The number of nitrogens with two attached hydrogens (primary N) is 1. The van der Waals surface area contributed by atoms with Crippen LogP contribution < -0.4 is 5.73 Å². The molecule has 2 heterocycles. The molecule has 5 nitrogen and oxygen atoms in total. The molecule has 2 rings (SSSR count). The van der Waals surface area contributed by atoms with Gasteiger partial charge < -0.3 is 20.6 Å². The summed E-state index contributed by atoms with van der Waals surface area (Å²) in [4.78, 5) is 2.45. The molecule has 0 aromatic rings. The molecule has 110 valence electrons. The van der Waals surface area contributed by atoms with Crippen molar-refractivity contribution in [2.75, 3.05) is 31.2 Å². The van der Waals surface area contributed by atoms with Crippen LogP contribution in [0.4, 0.5) is 0 Å². The average molecular weight is 287 g/mol. The van der Waals surface area contributed by atoms with Crippen LogP contribution in [0.25, 0.3) is 0 Å². The van der Waals surface area contributed by atoms with Gasteiger partial charge in [-0.2, -0.15) is 11.8 Å². The minimum absolute atomic E-state index is 0.123. The van der Waals surface area contributed by atoms with Crippen molar-refractivity contribution in [2.24, 2.45) is 10.9 Å². The molecule has 2 aliphatic rings. The minimum Gasteiger partial charge on any atom is -0.409 e. The summed E-state index contributed by atoms with van der Waals surface area (Å²) in [5.74, 6) is 2.68. The summed E-state index contributed by atoms with van der Waals surface area (Å²) < 4.78 is 6.06. The second kappa shape index (κ2) is 6.81. The first-order chi connectivity index (χ1) is 9.19. The first kappa shape index (κ1) is 14.9. The van der Waals surface area contributed by atoms with Crippen molar-refractivity contribution in [3.05, 3.63) is 0 Å². The van der Waals surface area contributed by atoms with Gasteiger partial charge in [-0.1, -0.05) is 12.1 Å². The number of rotatable bonds is 5. The van der Waals surface area contributed by atoms with E-state index in [1.165, 1.54) is 12.2 Å². The van der Waals surface area contributed by atoms with E-state index < -0.39 is 0 Å². The molecule has 0 aromatic heterocycles. The summed E-state index contributed by atoms with van der Waals surface area (Å²) in [6.07, 6.45) is 4.04. The summed E-state index contributed by atoms with van der Waals surface area (Å²) >= 11 is 2.01. The van der Waals surface area contributed by atoms with Gasteiger partial charge in [-0.05, 0) is 31.6 Å². The Balaban J connectivity index is 1.90. The first-order valence-corrected chi connectivity index (χ1v) is 8.27. The maximum atomic E-state index is 8.62. The number of amidine groups is 1. The van der Waals surface area contributed by atoms with Crippen LogP contribution in [0.1, 0.15) is 32.6 Å². The molecule has 0 bridgehead atoms. The number of hydrogen-bond acceptors (Lipinski definition) is 5. The molecule has 1 spiro atoms. The third-order valence-corrected chi connectivity index (χ3v) is 5.46. The predicted octanol–water partition coefficient (Wildman–Crippen LogP) is 1.50. The maximum Gasteiger partial charge on any atom is 0.140 e. The first-order valence-electron chi connectivity index (χ1n) is 7.11. The lowest BCUT2D eigenvalue weighted by Gasteiger charge is -2.42. The van der Waals surface area contributed by atoms with Gasteiger partial charge in [0.05, 0.1) is 5.60 Å². The molecule has 0 aromatic carbocycles. The highest BCUT2D eigenvalue weighted by Crippen LogP contribution is 2.39. The summed E-state index contributed by atoms with van der Waals surface area (Å²) in [6.45, 7) is 4.91. The van der Waals surface area contributed by atoms with Gasteiger partial charge in [-0.3, -0.25) is 0 Å². The van der Waals surface area contributed by atoms with Crippen LogP contribution in [0, 0.1) is 0 Å². The summed E-state index contributed by atoms with van der Waals surface area (Å²) in [5.41, 5.74) is 5.69. The van der Waals surface area contributed by atoms with E-state index in [-0.39, 0.29) is 5.60 Å². The third-order valence-electron chi connectivity index (χ3n) is 4.24. The van der Waals surface area contributed by atoms with Gasteiger partial charge in [-0.15, -0.1) is 0 Å². The molecule has 0 saturated carbocycles. The Labute approximate surface area is 119 Å². The minimum atomic E-state index is 0.123. The van der Waals surface area contributed by atoms with Crippen LogP contribution in [0.3, 0.4) is 0 Å². The average Bonchev–Trinajstić information content (AvgIpc) is 2.87. The van der Waals surface area contributed by atoms with Crippen LogP contribution in [0.2, 0.25) is 0 Å². The summed E-state index contributed by atoms with van der Waals surface area (Å²) in [6, 6.07) is 0.573. The van der Waals surface area contributed by atoms with Gasteiger partial charge in [0.2, 0.25) is 0 Å². The van der Waals surface area contributed by atoms with Crippen molar-refractivity contribution < 1.29 is 9.94 Å². The van der Waals surface area contributed by atoms with E-state index >= 15 is 0 Å². The molecule has 2 atom stereocenters. The lowest BCUT2D eigenvalue weighted by molar-refractivity contribution is -0.0886. The number of thioether (sulfide) groups is 1. The molecule has 0 radical (unpaired) electrons. The Morgan fingerprint density at radius 1 is 1.63 bits per heavy atom. The SMILES string of the molecule is CCN(CCC(N)=NO)C1CCOC2(CCSC2)C1. The van der Waals surface area contributed by atoms with Crippen molar-refractivity contribution in [3.8, 4) is 0 Å². The topological polar surface area (TPSA) is 71.1 Å². The highest BCUT2D eigenvalue weighted by molar-refractivity contribution is 7.99. The molecule has 2 fully saturated rings. The second-order valence-electron chi connectivity index (χ2n) is 5.45. The van der Waals surface area contributed by atoms with Gasteiger partial charge in [0.15, 0.2) is 0 Å². The lowest BCUT2D eigenvalue weighted by atomic mass is 9.89. The van der Waals surface area contributed by atoms with E-state index in [9.17, 15) is 0 Å². The lowest BCUT2D eigenvalue weighted by Crippen LogP contribution is -2.49. The van der Waals surface area contributed by atoms with Crippen molar-refractivity contribution in [1.29, 1.82) is 0 Å². The monoisotopic (exact) mass is 287 g/mol. The quantitative estimate of drug-likeness (QED) is 0.347. The van der Waals surface area contributed by atoms with Gasteiger partial charge in [-0.25, -0.2) is 0 Å². The van der Waals surface area contributed by atoms with Crippen LogP contribution in [-0.2, 0) is 4.74 Å². The summed E-state index contributed by atoms with van der Waals surface area (Å²) in [7, 11) is 0. The van der Waals surface area contributed by atoms with Crippen molar-refractivity contribution in [3.63, 3.8) is 0 Å². The zero-order valence-electron chi connectivity index (χ0n) is 11.7. The van der Waals surface area contributed by atoms with Crippen molar-refractivity contribution in [1.82, 2.24) is 4.90 Å². The predicted molar refractivity (Wildman–Crippen MR) is 78.9 cm³/mol. The van der Waals surface area contributed by atoms with Crippen LogP contribution in [0.15, 0.2) is 5.16 Å². The molecule has 2 unspecified atom stereocenters. The molecule has 2 aliphatic heterocycles. The van der Waals surface area contributed by atoms with Crippen LogP contribution >= 0.6 is 11.8 Å². The fraction of sp³-hybridized carbons (Fsp3) is 0.923. The molecule has 0 amide bonds. The van der Waals surface area contributed by atoms with Gasteiger partial charge >= 0.3 is 0 Å². The fourth-order valence-electron chi connectivity index (χ4n) is 3.08. The van der Waals surface area contributed by atoms with Crippen molar-refractivity contribution >= 4 is 17.6 Å². The third kappa shape index (κ3) is 3.77. The Bertz CT molecular complexity index is 319. The number of hydrogen-bond donors (Lipinski definition) is 2. The highest BCUT2D eigenvalue weighted by atomic mass is 32.2. The van der Waals surface area contributed by atoms with E-state index in [4.69, 9.17) is 15.7 Å². The normalized spacial score (nSPS) is 32.3. The summed E-state index contributed by atoms with van der Waals surface area (Å²) in [5, 5.41) is 11.7. The zero-order chi connectivity index (χ0) is 13.7. The maximum absolute atomic E-state index is 8.62. The Morgan fingerprint density at radius 2 is 2.47 bits per heavy atom. The van der Waals surface area contributed by atoms with E-state index in [1.807, 2.05) is 11.8 Å². The Morgan fingerprint density at radius 3 is 3.11 bits per heavy atom. The molecule has 3 N–H and O–H groups in total. The molecular formula is C13H25N3O2S. The highest BCUT2D eigenvalue weighted by Gasteiger charge is 2.41. The fourth-order valence-corrected chi connectivity index (χ4v) is 4.46. The van der Waals surface area contributed by atoms with E-state index in [2.05, 4.69) is 17.0 Å². The van der Waals surface area contributed by atoms with Crippen LogP contribution in [-0.4, -0.2) is 58.8 Å². The molecule has 0 aliphatic carbocycles. The smallest absolute Gasteiger partial charge is 0.140 e. The largest absolute Gasteiger partial charge is 0.409 e. The number of oxime groups is 1. The standard InChI is InChI=1S/C13H25N3O2S/c1-2-16(6-3-12(14)15-17)11-4-7-18-13(9-11)5-8-19-10-13/h11,17H,2-10H2,1H3,(H2,14,15). The van der Waals surface area contributed by atoms with Gasteiger partial charge in [0.1, 0.15) is 5.84 Å². The molecule has 19 heavy (non-hydrogen) atoms. The van der Waals surface area contributed by atoms with E-state index in [0.717, 1.165) is 38.3 Å². The second-order valence-corrected chi connectivity index (χ2v) is 6.56. The van der Waals surface area contributed by atoms with Crippen molar-refractivity contribution in [2.45, 2.75) is 44.2 Å². The van der Waals surface area contributed by atoms with Crippen LogP contribution in [0.5, 0.6) is 0 Å². The van der Waals surface area contributed by atoms with Gasteiger partial charge in [0.25, 0.3) is 0 Å². The van der Waals surface area contributed by atoms with Gasteiger partial charge in [0, 0.05) is 31.4 Å². The Hall–Kier alpha value is -0.460. The number of ether oxygens (including phenoxy) is 1. The molecule has 2 saturated heterocycles. The Kier molecular flexibility index (Phi) is 5.36. The van der Waals surface area contributed by atoms with E-state index in [1.54, 1.807) is 0 Å². The molecule has 6 heteroatoms. The number of nitrogens with zero attached hydrogens (tertiary/aromatic N) is 2.